The summed E-state index contributed by atoms with van der Waals surface area (Å²) in [4.78, 5) is 8.20. The molecule has 1 saturated carbocycles. The molecule has 1 aliphatic carbocycles. The Morgan fingerprint density at radius 1 is 1.32 bits per heavy atom. The summed E-state index contributed by atoms with van der Waals surface area (Å²) in [7, 11) is 3.30. The van der Waals surface area contributed by atoms with Crippen molar-refractivity contribution in [2.24, 2.45) is 11.3 Å². The van der Waals surface area contributed by atoms with Crippen LogP contribution < -0.4 is 21.3 Å². The minimum absolute atomic E-state index is 0.336. The van der Waals surface area contributed by atoms with E-state index in [1.165, 1.54) is 19.2 Å². The predicted molar refractivity (Wildman–Crippen MR) is 73.0 cm³/mol. The molecule has 0 atom stereocenters. The molecule has 19 heavy (non-hydrogen) atoms. The lowest BCUT2D eigenvalue weighted by molar-refractivity contribution is 0.175. The molecule has 1 fully saturated rings. The van der Waals surface area contributed by atoms with Gasteiger partial charge in [0.25, 0.3) is 0 Å². The zero-order chi connectivity index (χ0) is 13.7. The molecule has 1 aromatic heterocycles. The Bertz CT molecular complexity index is 423. The monoisotopic (exact) mass is 267 g/mol. The molecule has 0 saturated heterocycles. The van der Waals surface area contributed by atoms with Crippen LogP contribution in [-0.2, 0) is 4.74 Å². The molecule has 1 aliphatic rings. The number of aromatic nitrogens is 2. The molecule has 0 radical (unpaired) electrons. The van der Waals surface area contributed by atoms with Crippen LogP contribution in [-0.4, -0.2) is 37.3 Å². The maximum absolute atomic E-state index is 5.39. The first-order valence-corrected chi connectivity index (χ1v) is 6.33. The number of rotatable bonds is 8. The second-order valence-corrected chi connectivity index (χ2v) is 4.84. The van der Waals surface area contributed by atoms with Gasteiger partial charge in [0.1, 0.15) is 6.33 Å². The van der Waals surface area contributed by atoms with Gasteiger partial charge in [-0.25, -0.2) is 15.8 Å². The van der Waals surface area contributed by atoms with Gasteiger partial charge in [0, 0.05) is 20.3 Å². The van der Waals surface area contributed by atoms with Gasteiger partial charge in [-0.2, -0.15) is 0 Å². The molecule has 0 unspecified atom stereocenters. The van der Waals surface area contributed by atoms with Crippen LogP contribution in [0.1, 0.15) is 19.3 Å². The van der Waals surface area contributed by atoms with Crippen LogP contribution in [0, 0.1) is 5.41 Å². The maximum atomic E-state index is 5.39. The summed E-state index contributed by atoms with van der Waals surface area (Å²) < 4.78 is 10.4. The van der Waals surface area contributed by atoms with E-state index in [0.717, 1.165) is 19.6 Å². The van der Waals surface area contributed by atoms with Crippen LogP contribution in [0.15, 0.2) is 6.33 Å². The number of nitrogens with one attached hydrogen (secondary N) is 2. The molecular weight excluding hydrogens is 246 g/mol. The third-order valence-corrected chi connectivity index (χ3v) is 3.57. The molecule has 0 spiro atoms. The van der Waals surface area contributed by atoms with Gasteiger partial charge in [0.05, 0.1) is 7.11 Å². The fourth-order valence-corrected chi connectivity index (χ4v) is 2.08. The molecule has 1 heterocycles. The quantitative estimate of drug-likeness (QED) is 0.478. The third kappa shape index (κ3) is 3.24. The van der Waals surface area contributed by atoms with E-state index in [1.807, 2.05) is 0 Å². The lowest BCUT2D eigenvalue weighted by atomic mass is 10.0. The smallest absolute Gasteiger partial charge is 0.205 e. The van der Waals surface area contributed by atoms with E-state index < -0.39 is 0 Å². The molecule has 0 amide bonds. The fraction of sp³-hybridized carbons (Fsp3) is 0.667. The topological polar surface area (TPSA) is 94.3 Å². The van der Waals surface area contributed by atoms with Crippen molar-refractivity contribution < 1.29 is 9.47 Å². The molecule has 0 aromatic carbocycles. The molecule has 0 bridgehead atoms. The zero-order valence-electron chi connectivity index (χ0n) is 11.4. The van der Waals surface area contributed by atoms with Gasteiger partial charge < -0.3 is 20.2 Å². The van der Waals surface area contributed by atoms with Gasteiger partial charge in [-0.3, -0.25) is 0 Å². The first kappa shape index (κ1) is 13.8. The number of hydrogen-bond acceptors (Lipinski definition) is 7. The van der Waals surface area contributed by atoms with E-state index in [0.29, 0.717) is 22.8 Å². The second kappa shape index (κ2) is 6.03. The first-order chi connectivity index (χ1) is 9.24. The Kier molecular flexibility index (Phi) is 4.39. The second-order valence-electron chi connectivity index (χ2n) is 4.84. The molecule has 1 aromatic rings. The molecule has 4 N–H and O–H groups in total. The summed E-state index contributed by atoms with van der Waals surface area (Å²) in [5.74, 6) is 7.06. The molecular formula is C12H21N5O2. The number of nitrogens with zero attached hydrogens (tertiary/aromatic N) is 2. The maximum Gasteiger partial charge on any atom is 0.205 e. The van der Waals surface area contributed by atoms with E-state index in [1.54, 1.807) is 14.2 Å². The highest BCUT2D eigenvalue weighted by Gasteiger charge is 2.41. The summed E-state index contributed by atoms with van der Waals surface area (Å²) in [6.07, 6.45) is 4.96. The lowest BCUT2D eigenvalue weighted by Gasteiger charge is -2.17. The number of methoxy groups -OCH3 is 2. The molecule has 7 heteroatoms. The van der Waals surface area contributed by atoms with E-state index in [9.17, 15) is 0 Å². The molecule has 106 valence electrons. The van der Waals surface area contributed by atoms with Crippen LogP contribution in [0.4, 0.5) is 11.6 Å². The Hall–Kier alpha value is -1.60. The van der Waals surface area contributed by atoms with Crippen molar-refractivity contribution in [2.45, 2.75) is 19.3 Å². The van der Waals surface area contributed by atoms with Crippen LogP contribution in [0.3, 0.4) is 0 Å². The van der Waals surface area contributed by atoms with Gasteiger partial charge >= 0.3 is 0 Å². The largest absolute Gasteiger partial charge is 0.490 e. The normalized spacial score (nSPS) is 15.9. The number of anilines is 2. The average Bonchev–Trinajstić information content (AvgIpc) is 3.23. The molecule has 7 nitrogen and oxygen atoms in total. The van der Waals surface area contributed by atoms with E-state index in [2.05, 4.69) is 20.7 Å². The highest BCUT2D eigenvalue weighted by molar-refractivity contribution is 5.63. The summed E-state index contributed by atoms with van der Waals surface area (Å²) >= 11 is 0. The van der Waals surface area contributed by atoms with Gasteiger partial charge in [-0.05, 0) is 24.7 Å². The van der Waals surface area contributed by atoms with Gasteiger partial charge in [0.15, 0.2) is 11.6 Å². The number of nitrogens with two attached hydrogens (primary N) is 1. The highest BCUT2D eigenvalue weighted by atomic mass is 16.5. The number of hydrazine groups is 1. The van der Waals surface area contributed by atoms with Crippen molar-refractivity contribution in [3.8, 4) is 5.75 Å². The minimum Gasteiger partial charge on any atom is -0.490 e. The van der Waals surface area contributed by atoms with Crippen molar-refractivity contribution in [2.75, 3.05) is 38.1 Å². The third-order valence-electron chi connectivity index (χ3n) is 3.57. The van der Waals surface area contributed by atoms with Crippen LogP contribution in [0.5, 0.6) is 5.75 Å². The number of ether oxygens (including phenoxy) is 2. The standard InChI is InChI=1S/C12H21N5O2/c1-18-6-5-12(3-4-12)7-14-10-9(19-2)11(17-13)16-8-15-10/h8H,3-7,13H2,1-2H3,(H2,14,15,16,17). The Balaban J connectivity index is 1.99. The summed E-state index contributed by atoms with van der Waals surface area (Å²) in [6.45, 7) is 1.64. The molecule has 2 rings (SSSR count). The summed E-state index contributed by atoms with van der Waals surface area (Å²) in [5, 5.41) is 3.32. The van der Waals surface area contributed by atoms with Crippen molar-refractivity contribution in [3.63, 3.8) is 0 Å². The number of nitrogen functional groups attached to an aromatic ring is 1. The van der Waals surface area contributed by atoms with Crippen LogP contribution >= 0.6 is 0 Å². The Labute approximate surface area is 112 Å². The van der Waals surface area contributed by atoms with Gasteiger partial charge in [0.2, 0.25) is 5.75 Å². The van der Waals surface area contributed by atoms with E-state index >= 15 is 0 Å². The SMILES string of the molecule is COCCC1(CNc2ncnc(NN)c2OC)CC1. The van der Waals surface area contributed by atoms with Crippen molar-refractivity contribution in [1.82, 2.24) is 9.97 Å². The summed E-state index contributed by atoms with van der Waals surface area (Å²) in [6, 6.07) is 0. The molecule has 0 aliphatic heterocycles. The van der Waals surface area contributed by atoms with Crippen molar-refractivity contribution in [3.05, 3.63) is 6.33 Å². The number of hydrogen-bond donors (Lipinski definition) is 3. The van der Waals surface area contributed by atoms with Crippen molar-refractivity contribution in [1.29, 1.82) is 0 Å². The Morgan fingerprint density at radius 3 is 2.63 bits per heavy atom. The zero-order valence-corrected chi connectivity index (χ0v) is 11.4. The van der Waals surface area contributed by atoms with E-state index in [4.69, 9.17) is 15.3 Å². The van der Waals surface area contributed by atoms with Gasteiger partial charge in [-0.1, -0.05) is 0 Å². The average molecular weight is 267 g/mol. The lowest BCUT2D eigenvalue weighted by Crippen LogP contribution is -2.19. The van der Waals surface area contributed by atoms with Crippen molar-refractivity contribution >= 4 is 11.6 Å². The fourth-order valence-electron chi connectivity index (χ4n) is 2.08. The minimum atomic E-state index is 0.336. The highest BCUT2D eigenvalue weighted by Crippen LogP contribution is 2.49. The van der Waals surface area contributed by atoms with Gasteiger partial charge in [-0.15, -0.1) is 0 Å². The van der Waals surface area contributed by atoms with Crippen LogP contribution in [0.25, 0.3) is 0 Å². The Morgan fingerprint density at radius 2 is 2.05 bits per heavy atom. The first-order valence-electron chi connectivity index (χ1n) is 6.33. The van der Waals surface area contributed by atoms with E-state index in [-0.39, 0.29) is 0 Å². The predicted octanol–water partition coefficient (Wildman–Crippen LogP) is 0.999. The summed E-state index contributed by atoms with van der Waals surface area (Å²) in [5.41, 5.74) is 2.83. The van der Waals surface area contributed by atoms with Crippen LogP contribution in [0.2, 0.25) is 0 Å².